The lowest BCUT2D eigenvalue weighted by atomic mass is 9.98. The summed E-state index contributed by atoms with van der Waals surface area (Å²) in [7, 11) is 0. The van der Waals surface area contributed by atoms with Crippen LogP contribution in [0, 0.1) is 0 Å². The molecule has 0 spiro atoms. The number of carbonyl (C=O) groups is 3. The summed E-state index contributed by atoms with van der Waals surface area (Å²) in [6.07, 6.45) is 1.54. The lowest BCUT2D eigenvalue weighted by molar-refractivity contribution is -0.117. The highest BCUT2D eigenvalue weighted by molar-refractivity contribution is 9.10. The maximum Gasteiger partial charge on any atom is 0.294 e. The summed E-state index contributed by atoms with van der Waals surface area (Å²) >= 11 is 3.40. The first kappa shape index (κ1) is 22.5. The Bertz CT molecular complexity index is 1530. The predicted octanol–water partition coefficient (Wildman–Crippen LogP) is 5.33. The highest BCUT2D eigenvalue weighted by Crippen LogP contribution is 2.42. The summed E-state index contributed by atoms with van der Waals surface area (Å²) in [5.41, 5.74) is 1.58. The second-order valence-electron chi connectivity index (χ2n) is 7.95. The Morgan fingerprint density at radius 1 is 1.09 bits per heavy atom. The van der Waals surface area contributed by atoms with E-state index in [1.807, 2.05) is 0 Å². The number of hydrogen-bond donors (Lipinski definition) is 2. The first-order valence-corrected chi connectivity index (χ1v) is 11.4. The Morgan fingerprint density at radius 2 is 1.91 bits per heavy atom. The predicted molar refractivity (Wildman–Crippen MR) is 133 cm³/mol. The van der Waals surface area contributed by atoms with Crippen molar-refractivity contribution < 1.29 is 23.9 Å². The first-order valence-electron chi connectivity index (χ1n) is 10.6. The fourth-order valence-corrected chi connectivity index (χ4v) is 4.50. The molecule has 9 heteroatoms. The molecule has 5 rings (SSSR count). The van der Waals surface area contributed by atoms with Gasteiger partial charge in [0, 0.05) is 34.4 Å². The second-order valence-corrected chi connectivity index (χ2v) is 8.86. The molecule has 2 aromatic carbocycles. The number of fused-ring (bicyclic) bond motifs is 1. The molecular formula is C26H18BrN3O5. The van der Waals surface area contributed by atoms with Crippen LogP contribution in [0.2, 0.25) is 0 Å². The van der Waals surface area contributed by atoms with Crippen molar-refractivity contribution in [2.45, 2.75) is 13.0 Å². The van der Waals surface area contributed by atoms with E-state index in [9.17, 15) is 19.5 Å². The molecule has 1 unspecified atom stereocenters. The summed E-state index contributed by atoms with van der Waals surface area (Å²) in [5.74, 6) is -2.36. The molecule has 8 nitrogen and oxygen atoms in total. The van der Waals surface area contributed by atoms with E-state index >= 15 is 0 Å². The van der Waals surface area contributed by atoms with E-state index in [4.69, 9.17) is 4.42 Å². The Hall–Kier alpha value is -4.24. The second kappa shape index (κ2) is 8.84. The van der Waals surface area contributed by atoms with E-state index < -0.39 is 23.5 Å². The molecule has 174 valence electrons. The average molecular weight is 532 g/mol. The average Bonchev–Trinajstić information content (AvgIpc) is 3.37. The molecule has 0 aliphatic carbocycles. The molecule has 35 heavy (non-hydrogen) atoms. The van der Waals surface area contributed by atoms with Gasteiger partial charge in [0.1, 0.15) is 11.6 Å². The molecule has 3 heterocycles. The zero-order valence-corrected chi connectivity index (χ0v) is 19.9. The van der Waals surface area contributed by atoms with Gasteiger partial charge in [0.05, 0.1) is 11.3 Å². The monoisotopic (exact) mass is 531 g/mol. The summed E-state index contributed by atoms with van der Waals surface area (Å²) < 4.78 is 6.57. The van der Waals surface area contributed by atoms with Gasteiger partial charge in [-0.15, -0.1) is 0 Å². The number of aliphatic hydroxyl groups is 1. The quantitative estimate of drug-likeness (QED) is 0.336. The number of hydrogen-bond acceptors (Lipinski definition) is 6. The minimum atomic E-state index is -1.01. The van der Waals surface area contributed by atoms with Crippen LogP contribution in [0.5, 0.6) is 0 Å². The van der Waals surface area contributed by atoms with Crippen LogP contribution in [-0.4, -0.2) is 27.7 Å². The third-order valence-corrected chi connectivity index (χ3v) is 6.06. The van der Waals surface area contributed by atoms with E-state index in [1.165, 1.54) is 11.8 Å². The topological polar surface area (TPSA) is 113 Å². The zero-order chi connectivity index (χ0) is 24.7. The van der Waals surface area contributed by atoms with Crippen LogP contribution >= 0.6 is 15.9 Å². The summed E-state index contributed by atoms with van der Waals surface area (Å²) in [4.78, 5) is 44.1. The van der Waals surface area contributed by atoms with E-state index in [0.29, 0.717) is 28.0 Å². The van der Waals surface area contributed by atoms with Gasteiger partial charge in [-0.2, -0.15) is 0 Å². The summed E-state index contributed by atoms with van der Waals surface area (Å²) in [6.45, 7) is 1.38. The maximum absolute atomic E-state index is 13.6. The van der Waals surface area contributed by atoms with Crippen molar-refractivity contribution in [3.05, 3.63) is 100 Å². The van der Waals surface area contributed by atoms with Crippen LogP contribution in [0.15, 0.2) is 93.1 Å². The summed E-state index contributed by atoms with van der Waals surface area (Å²) in [6, 6.07) is 17.6. The number of anilines is 2. The van der Waals surface area contributed by atoms with Crippen LogP contribution in [0.25, 0.3) is 11.0 Å². The number of aliphatic hydroxyl groups excluding tert-OH is 1. The van der Waals surface area contributed by atoms with Crippen LogP contribution in [-0.2, 0) is 9.59 Å². The van der Waals surface area contributed by atoms with Gasteiger partial charge in [0.2, 0.25) is 11.7 Å². The van der Waals surface area contributed by atoms with Gasteiger partial charge < -0.3 is 14.8 Å². The Morgan fingerprint density at radius 3 is 2.66 bits per heavy atom. The van der Waals surface area contributed by atoms with Crippen molar-refractivity contribution in [2.75, 3.05) is 10.2 Å². The maximum atomic E-state index is 13.6. The number of ketones is 1. The van der Waals surface area contributed by atoms with Crippen LogP contribution in [0.3, 0.4) is 0 Å². The lowest BCUT2D eigenvalue weighted by Gasteiger charge is -2.26. The van der Waals surface area contributed by atoms with Gasteiger partial charge >= 0.3 is 0 Å². The molecule has 2 N–H and O–H groups in total. The van der Waals surface area contributed by atoms with E-state index in [0.717, 1.165) is 4.47 Å². The number of Topliss-reactive ketones (excluding diaryl/α,β-unsaturated/α-hetero) is 1. The third-order valence-electron chi connectivity index (χ3n) is 5.57. The number of furan rings is 1. The number of carbonyl (C=O) groups excluding carboxylic acids is 3. The van der Waals surface area contributed by atoms with Crippen LogP contribution in [0.1, 0.15) is 29.2 Å². The molecule has 0 saturated carbocycles. The molecule has 0 bridgehead atoms. The molecule has 0 radical (unpaired) electrons. The fourth-order valence-electron chi connectivity index (χ4n) is 4.12. The molecule has 1 aliphatic rings. The normalized spacial score (nSPS) is 15.7. The molecule has 0 saturated heterocycles. The van der Waals surface area contributed by atoms with Crippen molar-refractivity contribution >= 4 is 55.9 Å². The smallest absolute Gasteiger partial charge is 0.294 e. The van der Waals surface area contributed by atoms with Crippen molar-refractivity contribution in [3.63, 3.8) is 0 Å². The Kier molecular flexibility index (Phi) is 5.70. The number of pyridine rings is 1. The van der Waals surface area contributed by atoms with Crippen molar-refractivity contribution in [2.24, 2.45) is 0 Å². The molecule has 2 amide bonds. The van der Waals surface area contributed by atoms with Crippen molar-refractivity contribution in [1.82, 2.24) is 4.98 Å². The molecule has 2 aromatic heterocycles. The fraction of sp³-hybridized carbons (Fsp3) is 0.0769. The number of amides is 2. The SMILES string of the molecule is CC(=O)Nc1cccc(N2C(=O)C(O)=C(C(=O)c3cc4cc(Br)ccc4o3)C2c2ccccn2)c1. The van der Waals surface area contributed by atoms with Crippen LogP contribution in [0.4, 0.5) is 11.4 Å². The Labute approximate surface area is 208 Å². The van der Waals surface area contributed by atoms with Gasteiger partial charge in [-0.3, -0.25) is 24.3 Å². The molecule has 4 aromatic rings. The van der Waals surface area contributed by atoms with Gasteiger partial charge in [0.15, 0.2) is 11.5 Å². The number of benzene rings is 2. The minimum absolute atomic E-state index is 0.0118. The van der Waals surface area contributed by atoms with Crippen molar-refractivity contribution in [3.8, 4) is 0 Å². The van der Waals surface area contributed by atoms with E-state index in [2.05, 4.69) is 26.2 Å². The van der Waals surface area contributed by atoms with Gasteiger partial charge in [-0.1, -0.05) is 28.1 Å². The van der Waals surface area contributed by atoms with E-state index in [1.54, 1.807) is 72.9 Å². The first-order chi connectivity index (χ1) is 16.8. The number of nitrogens with zero attached hydrogens (tertiary/aromatic N) is 2. The molecule has 1 aliphatic heterocycles. The van der Waals surface area contributed by atoms with Crippen LogP contribution < -0.4 is 10.2 Å². The van der Waals surface area contributed by atoms with Crippen molar-refractivity contribution in [1.29, 1.82) is 0 Å². The highest BCUT2D eigenvalue weighted by Gasteiger charge is 2.46. The number of rotatable bonds is 5. The minimum Gasteiger partial charge on any atom is -0.503 e. The standard InChI is InChI=1S/C26H18BrN3O5/c1-14(31)29-17-5-4-6-18(13-17)30-23(19-7-2-3-10-28-19)22(25(33)26(30)34)24(32)21-12-15-11-16(27)8-9-20(15)35-21/h2-13,23,33H,1H3,(H,29,31). The van der Waals surface area contributed by atoms with E-state index in [-0.39, 0.29) is 17.2 Å². The summed E-state index contributed by atoms with van der Waals surface area (Å²) in [5, 5.41) is 14.3. The Balaban J connectivity index is 1.63. The molecule has 1 atom stereocenters. The number of aromatic nitrogens is 1. The van der Waals surface area contributed by atoms with Gasteiger partial charge in [-0.25, -0.2) is 0 Å². The lowest BCUT2D eigenvalue weighted by Crippen LogP contribution is -2.31. The number of nitrogens with one attached hydrogen (secondary N) is 1. The highest BCUT2D eigenvalue weighted by atomic mass is 79.9. The number of halogens is 1. The zero-order valence-electron chi connectivity index (χ0n) is 18.4. The third kappa shape index (κ3) is 4.10. The van der Waals surface area contributed by atoms with Gasteiger partial charge in [0.25, 0.3) is 5.91 Å². The van der Waals surface area contributed by atoms with Gasteiger partial charge in [-0.05, 0) is 54.6 Å². The molecular weight excluding hydrogens is 514 g/mol. The largest absolute Gasteiger partial charge is 0.503 e. The molecule has 0 fully saturated rings.